The molecule has 0 fully saturated rings. The van der Waals surface area contributed by atoms with Crippen LogP contribution in [-0.2, 0) is 9.59 Å². The molecule has 0 spiro atoms. The number of ether oxygens (including phenoxy) is 3. The summed E-state index contributed by atoms with van der Waals surface area (Å²) >= 11 is 0. The number of aryl methyl sites for hydroxylation is 1. The van der Waals surface area contributed by atoms with Gasteiger partial charge in [0.25, 0.3) is 11.8 Å². The van der Waals surface area contributed by atoms with Crippen LogP contribution < -0.4 is 25.1 Å². The summed E-state index contributed by atoms with van der Waals surface area (Å²) in [7, 11) is 0. The molecule has 0 bridgehead atoms. The molecular formula is C21H24N2O5. The number of hydrogen-bond acceptors (Lipinski definition) is 5. The number of fused-ring (bicyclic) bond motifs is 1. The van der Waals surface area contributed by atoms with Gasteiger partial charge in [-0.1, -0.05) is 38.1 Å². The Morgan fingerprint density at radius 1 is 1.14 bits per heavy atom. The monoisotopic (exact) mass is 384 g/mol. The minimum atomic E-state index is -0.847. The molecule has 1 aliphatic rings. The maximum atomic E-state index is 12.2. The molecular weight excluding hydrogens is 360 g/mol. The Morgan fingerprint density at radius 2 is 1.89 bits per heavy atom. The number of rotatable bonds is 5. The second-order valence-electron chi connectivity index (χ2n) is 6.89. The molecule has 0 saturated carbocycles. The third kappa shape index (κ3) is 4.73. The van der Waals surface area contributed by atoms with E-state index in [1.54, 1.807) is 18.2 Å². The minimum absolute atomic E-state index is 0.0657. The molecule has 1 atom stereocenters. The van der Waals surface area contributed by atoms with E-state index in [2.05, 4.69) is 24.7 Å². The van der Waals surface area contributed by atoms with Gasteiger partial charge in [0, 0.05) is 0 Å². The van der Waals surface area contributed by atoms with Gasteiger partial charge in [-0.05, 0) is 42.2 Å². The van der Waals surface area contributed by atoms with Crippen LogP contribution in [0.15, 0.2) is 42.5 Å². The van der Waals surface area contributed by atoms with Gasteiger partial charge in [-0.2, -0.15) is 0 Å². The molecule has 0 saturated heterocycles. The molecule has 2 aromatic rings. The van der Waals surface area contributed by atoms with Crippen molar-refractivity contribution < 1.29 is 23.8 Å². The minimum Gasteiger partial charge on any atom is -0.485 e. The summed E-state index contributed by atoms with van der Waals surface area (Å²) in [6.07, 6.45) is -0.847. The first-order valence-corrected chi connectivity index (χ1v) is 9.14. The second kappa shape index (κ2) is 8.65. The first-order chi connectivity index (χ1) is 13.4. The van der Waals surface area contributed by atoms with E-state index in [0.29, 0.717) is 17.2 Å². The number of hydrogen-bond donors (Lipinski definition) is 2. The van der Waals surface area contributed by atoms with Crippen LogP contribution in [0.3, 0.4) is 0 Å². The van der Waals surface area contributed by atoms with E-state index in [0.717, 1.165) is 11.1 Å². The van der Waals surface area contributed by atoms with E-state index < -0.39 is 17.9 Å². The molecule has 0 radical (unpaired) electrons. The van der Waals surface area contributed by atoms with Gasteiger partial charge in [-0.3, -0.25) is 20.4 Å². The number of hydrazine groups is 1. The van der Waals surface area contributed by atoms with E-state index in [1.807, 2.05) is 31.2 Å². The van der Waals surface area contributed by atoms with Crippen LogP contribution in [0.2, 0.25) is 0 Å². The van der Waals surface area contributed by atoms with E-state index >= 15 is 0 Å². The molecule has 7 heteroatoms. The quantitative estimate of drug-likeness (QED) is 0.774. The number of benzene rings is 2. The Hall–Kier alpha value is -3.22. The van der Waals surface area contributed by atoms with E-state index in [-0.39, 0.29) is 19.1 Å². The highest BCUT2D eigenvalue weighted by molar-refractivity contribution is 5.85. The Kier molecular flexibility index (Phi) is 6.03. The molecule has 0 unspecified atom stereocenters. The average molecular weight is 384 g/mol. The molecule has 2 N–H and O–H groups in total. The zero-order chi connectivity index (χ0) is 20.1. The van der Waals surface area contributed by atoms with Crippen LogP contribution >= 0.6 is 0 Å². The van der Waals surface area contributed by atoms with Crippen molar-refractivity contribution in [1.82, 2.24) is 10.9 Å². The molecule has 2 amide bonds. The van der Waals surface area contributed by atoms with Crippen LogP contribution in [0.1, 0.15) is 30.9 Å². The lowest BCUT2D eigenvalue weighted by atomic mass is 10.0. The Morgan fingerprint density at radius 3 is 2.64 bits per heavy atom. The zero-order valence-electron chi connectivity index (χ0n) is 16.2. The third-order valence-electron chi connectivity index (χ3n) is 4.28. The largest absolute Gasteiger partial charge is 0.485 e. The van der Waals surface area contributed by atoms with Crippen LogP contribution in [0.4, 0.5) is 0 Å². The lowest BCUT2D eigenvalue weighted by Gasteiger charge is -2.25. The van der Waals surface area contributed by atoms with Crippen LogP contribution in [0.25, 0.3) is 0 Å². The van der Waals surface area contributed by atoms with Crippen molar-refractivity contribution in [2.75, 3.05) is 13.2 Å². The lowest BCUT2D eigenvalue weighted by Crippen LogP contribution is -2.51. The second-order valence-corrected chi connectivity index (χ2v) is 6.89. The van der Waals surface area contributed by atoms with Crippen molar-refractivity contribution in [3.63, 3.8) is 0 Å². The predicted octanol–water partition coefficient (Wildman–Crippen LogP) is 2.48. The van der Waals surface area contributed by atoms with Gasteiger partial charge in [-0.25, -0.2) is 0 Å². The van der Waals surface area contributed by atoms with Crippen molar-refractivity contribution in [3.05, 3.63) is 53.6 Å². The lowest BCUT2D eigenvalue weighted by molar-refractivity contribution is -0.135. The highest BCUT2D eigenvalue weighted by atomic mass is 16.6. The third-order valence-corrected chi connectivity index (χ3v) is 4.28. The van der Waals surface area contributed by atoms with Gasteiger partial charge < -0.3 is 14.2 Å². The van der Waals surface area contributed by atoms with Crippen molar-refractivity contribution in [2.24, 2.45) is 0 Å². The molecule has 148 valence electrons. The summed E-state index contributed by atoms with van der Waals surface area (Å²) in [6, 6.07) is 13.0. The molecule has 1 aliphatic heterocycles. The van der Waals surface area contributed by atoms with Gasteiger partial charge >= 0.3 is 0 Å². The van der Waals surface area contributed by atoms with Gasteiger partial charge in [0.1, 0.15) is 12.4 Å². The SMILES string of the molecule is Cc1ccc(C(C)C)c(OCC(=O)NNC(=O)[C@@H]2COc3ccccc3O2)c1. The van der Waals surface area contributed by atoms with E-state index in [1.165, 1.54) is 0 Å². The summed E-state index contributed by atoms with van der Waals surface area (Å²) < 4.78 is 16.7. The fourth-order valence-electron chi connectivity index (χ4n) is 2.78. The summed E-state index contributed by atoms with van der Waals surface area (Å²) in [4.78, 5) is 24.2. The highest BCUT2D eigenvalue weighted by Gasteiger charge is 2.27. The number of carbonyl (C=O) groups is 2. The van der Waals surface area contributed by atoms with Crippen molar-refractivity contribution in [1.29, 1.82) is 0 Å². The fourth-order valence-corrected chi connectivity index (χ4v) is 2.78. The topological polar surface area (TPSA) is 85.9 Å². The molecule has 28 heavy (non-hydrogen) atoms. The first kappa shape index (κ1) is 19.5. The van der Waals surface area contributed by atoms with E-state index in [4.69, 9.17) is 14.2 Å². The number of nitrogens with one attached hydrogen (secondary N) is 2. The van der Waals surface area contributed by atoms with Crippen molar-refractivity contribution >= 4 is 11.8 Å². The maximum absolute atomic E-state index is 12.2. The molecule has 0 aliphatic carbocycles. The van der Waals surface area contributed by atoms with Crippen LogP contribution in [0, 0.1) is 6.92 Å². The predicted molar refractivity (Wildman–Crippen MR) is 103 cm³/mol. The Bertz CT molecular complexity index is 866. The Balaban J connectivity index is 1.49. The standard InChI is InChI=1S/C21H24N2O5/c1-13(2)15-9-8-14(3)10-18(15)27-12-20(24)22-23-21(25)19-11-26-16-6-4-5-7-17(16)28-19/h4-10,13,19H,11-12H2,1-3H3,(H,22,24)(H,23,25)/t19-/m0/s1. The fraction of sp³-hybridized carbons (Fsp3) is 0.333. The number of carbonyl (C=O) groups excluding carboxylic acids is 2. The van der Waals surface area contributed by atoms with Crippen molar-refractivity contribution in [2.45, 2.75) is 32.8 Å². The van der Waals surface area contributed by atoms with Gasteiger partial charge in [0.2, 0.25) is 6.10 Å². The molecule has 7 nitrogen and oxygen atoms in total. The summed E-state index contributed by atoms with van der Waals surface area (Å²) in [6.45, 7) is 5.93. The molecule has 0 aromatic heterocycles. The summed E-state index contributed by atoms with van der Waals surface area (Å²) in [5.74, 6) is 1.04. The summed E-state index contributed by atoms with van der Waals surface area (Å²) in [5.41, 5.74) is 6.75. The first-order valence-electron chi connectivity index (χ1n) is 9.14. The molecule has 1 heterocycles. The normalized spacial score (nSPS) is 15.1. The van der Waals surface area contributed by atoms with E-state index in [9.17, 15) is 9.59 Å². The highest BCUT2D eigenvalue weighted by Crippen LogP contribution is 2.31. The van der Waals surface area contributed by atoms with Crippen LogP contribution in [-0.4, -0.2) is 31.1 Å². The smallest absolute Gasteiger partial charge is 0.283 e. The maximum Gasteiger partial charge on any atom is 0.283 e. The van der Waals surface area contributed by atoms with Gasteiger partial charge in [0.05, 0.1) is 0 Å². The van der Waals surface area contributed by atoms with Crippen LogP contribution in [0.5, 0.6) is 17.2 Å². The van der Waals surface area contributed by atoms with Crippen molar-refractivity contribution in [3.8, 4) is 17.2 Å². The molecule has 3 rings (SSSR count). The summed E-state index contributed by atoms with van der Waals surface area (Å²) in [5, 5.41) is 0. The average Bonchev–Trinajstić information content (AvgIpc) is 2.69. The zero-order valence-corrected chi connectivity index (χ0v) is 16.2. The molecule has 2 aromatic carbocycles. The number of amides is 2. The Labute approximate surface area is 164 Å². The van der Waals surface area contributed by atoms with Gasteiger partial charge in [0.15, 0.2) is 18.1 Å². The van der Waals surface area contributed by atoms with Gasteiger partial charge in [-0.15, -0.1) is 0 Å². The number of para-hydroxylation sites is 2.